The molecule has 5 heteroatoms. The second-order valence-electron chi connectivity index (χ2n) is 5.58. The predicted octanol–water partition coefficient (Wildman–Crippen LogP) is 4.03. The van der Waals surface area contributed by atoms with Gasteiger partial charge in [-0.25, -0.2) is 4.39 Å². The lowest BCUT2D eigenvalue weighted by Crippen LogP contribution is -2.31. The van der Waals surface area contributed by atoms with Crippen molar-refractivity contribution >= 4 is 11.6 Å². The average Bonchev–Trinajstić information content (AvgIpc) is 2.49. The van der Waals surface area contributed by atoms with Crippen LogP contribution in [0, 0.1) is 5.82 Å². The van der Waals surface area contributed by atoms with Gasteiger partial charge in [-0.1, -0.05) is 26.0 Å². The molecule has 0 aromatic heterocycles. The average molecular weight is 317 g/mol. The minimum Gasteiger partial charge on any atom is -0.508 e. The van der Waals surface area contributed by atoms with E-state index in [1.165, 1.54) is 23.1 Å². The Bertz CT molecular complexity index is 728. The van der Waals surface area contributed by atoms with E-state index in [4.69, 9.17) is 0 Å². The van der Waals surface area contributed by atoms with Crippen LogP contribution in [0.4, 0.5) is 10.1 Å². The number of rotatable bonds is 4. The number of phenols is 2. The Morgan fingerprint density at radius 2 is 1.83 bits per heavy atom. The second kappa shape index (κ2) is 6.69. The Morgan fingerprint density at radius 3 is 2.39 bits per heavy atom. The Balaban J connectivity index is 2.50. The van der Waals surface area contributed by atoms with Crippen molar-refractivity contribution in [1.82, 2.24) is 0 Å². The van der Waals surface area contributed by atoms with Gasteiger partial charge in [0.15, 0.2) is 0 Å². The van der Waals surface area contributed by atoms with Crippen molar-refractivity contribution in [2.24, 2.45) is 0 Å². The SMILES string of the molecule is CCN(C(=O)c1cc(C(C)C)c(O)cc1O)c1ccccc1F. The van der Waals surface area contributed by atoms with Crippen LogP contribution >= 0.6 is 0 Å². The molecular formula is C18H20FNO3. The Labute approximate surface area is 134 Å². The van der Waals surface area contributed by atoms with E-state index in [9.17, 15) is 19.4 Å². The molecule has 0 aliphatic heterocycles. The van der Waals surface area contributed by atoms with E-state index in [-0.39, 0.29) is 35.2 Å². The van der Waals surface area contributed by atoms with Gasteiger partial charge in [-0.2, -0.15) is 0 Å². The highest BCUT2D eigenvalue weighted by molar-refractivity contribution is 6.08. The van der Waals surface area contributed by atoms with Gasteiger partial charge >= 0.3 is 0 Å². The number of carbonyl (C=O) groups is 1. The minimum atomic E-state index is -0.517. The molecular weight excluding hydrogens is 297 g/mol. The van der Waals surface area contributed by atoms with Gasteiger partial charge in [-0.3, -0.25) is 4.79 Å². The summed E-state index contributed by atoms with van der Waals surface area (Å²) in [7, 11) is 0. The van der Waals surface area contributed by atoms with Crippen molar-refractivity contribution in [3.63, 3.8) is 0 Å². The molecule has 122 valence electrons. The van der Waals surface area contributed by atoms with Gasteiger partial charge in [-0.15, -0.1) is 0 Å². The van der Waals surface area contributed by atoms with Crippen LogP contribution in [0.3, 0.4) is 0 Å². The smallest absolute Gasteiger partial charge is 0.262 e. The van der Waals surface area contributed by atoms with Crippen molar-refractivity contribution in [2.75, 3.05) is 11.4 Å². The standard InChI is InChI=1S/C18H20FNO3/c1-4-20(15-8-6-5-7-14(15)19)18(23)13-9-12(11(2)3)16(21)10-17(13)22/h5-11,21-22H,4H2,1-3H3. The molecule has 0 bridgehead atoms. The molecule has 0 saturated heterocycles. The largest absolute Gasteiger partial charge is 0.508 e. The van der Waals surface area contributed by atoms with Crippen LogP contribution in [0.5, 0.6) is 11.5 Å². The fourth-order valence-electron chi connectivity index (χ4n) is 2.47. The highest BCUT2D eigenvalue weighted by Crippen LogP contribution is 2.33. The fraction of sp³-hybridized carbons (Fsp3) is 0.278. The third kappa shape index (κ3) is 3.28. The maximum absolute atomic E-state index is 14.0. The first-order chi connectivity index (χ1) is 10.9. The molecule has 2 N–H and O–H groups in total. The minimum absolute atomic E-state index is 0.0225. The van der Waals surface area contributed by atoms with E-state index < -0.39 is 11.7 Å². The van der Waals surface area contributed by atoms with Crippen LogP contribution in [-0.4, -0.2) is 22.7 Å². The van der Waals surface area contributed by atoms with Crippen molar-refractivity contribution in [1.29, 1.82) is 0 Å². The molecule has 0 heterocycles. The summed E-state index contributed by atoms with van der Waals surface area (Å²) < 4.78 is 14.0. The highest BCUT2D eigenvalue weighted by Gasteiger charge is 2.23. The maximum atomic E-state index is 14.0. The normalized spacial score (nSPS) is 10.8. The molecule has 2 aromatic rings. The summed E-state index contributed by atoms with van der Waals surface area (Å²) in [5.74, 6) is -1.44. The van der Waals surface area contributed by atoms with E-state index in [1.807, 2.05) is 13.8 Å². The first-order valence-electron chi connectivity index (χ1n) is 7.49. The van der Waals surface area contributed by atoms with Crippen molar-refractivity contribution < 1.29 is 19.4 Å². The molecule has 0 spiro atoms. The van der Waals surface area contributed by atoms with Crippen LogP contribution in [-0.2, 0) is 0 Å². The summed E-state index contributed by atoms with van der Waals surface area (Å²) in [6.07, 6.45) is 0. The number of hydrogen-bond acceptors (Lipinski definition) is 3. The molecule has 2 aromatic carbocycles. The molecule has 0 atom stereocenters. The van der Waals surface area contributed by atoms with Crippen molar-refractivity contribution in [3.05, 3.63) is 53.3 Å². The number of aromatic hydroxyl groups is 2. The summed E-state index contributed by atoms with van der Waals surface area (Å²) in [6.45, 7) is 5.71. The summed E-state index contributed by atoms with van der Waals surface area (Å²) in [6, 6.07) is 8.59. The number of hydrogen-bond donors (Lipinski definition) is 2. The molecule has 1 amide bonds. The number of benzene rings is 2. The Morgan fingerprint density at radius 1 is 1.17 bits per heavy atom. The van der Waals surface area contributed by atoms with Gasteiger partial charge in [0.2, 0.25) is 0 Å². The number of carbonyl (C=O) groups excluding carboxylic acids is 1. The number of phenolic OH excluding ortho intramolecular Hbond substituents is 2. The number of halogens is 1. The van der Waals surface area contributed by atoms with E-state index in [1.54, 1.807) is 19.1 Å². The maximum Gasteiger partial charge on any atom is 0.262 e. The van der Waals surface area contributed by atoms with Crippen LogP contribution in [0.1, 0.15) is 42.6 Å². The van der Waals surface area contributed by atoms with Gasteiger partial charge in [-0.05, 0) is 36.6 Å². The van der Waals surface area contributed by atoms with Crippen LogP contribution in [0.25, 0.3) is 0 Å². The van der Waals surface area contributed by atoms with Gasteiger partial charge in [0, 0.05) is 12.6 Å². The number of para-hydroxylation sites is 1. The third-order valence-electron chi connectivity index (χ3n) is 3.70. The molecule has 0 aliphatic carbocycles. The zero-order chi connectivity index (χ0) is 17.1. The molecule has 0 saturated carbocycles. The first kappa shape index (κ1) is 16.8. The first-order valence-corrected chi connectivity index (χ1v) is 7.49. The Kier molecular flexibility index (Phi) is 4.89. The molecule has 0 radical (unpaired) electrons. The number of anilines is 1. The topological polar surface area (TPSA) is 60.8 Å². The number of amides is 1. The van der Waals surface area contributed by atoms with Crippen LogP contribution < -0.4 is 4.90 Å². The highest BCUT2D eigenvalue weighted by atomic mass is 19.1. The molecule has 23 heavy (non-hydrogen) atoms. The Hall–Kier alpha value is -2.56. The summed E-state index contributed by atoms with van der Waals surface area (Å²) in [5.41, 5.74) is 0.742. The van der Waals surface area contributed by atoms with Gasteiger partial charge < -0.3 is 15.1 Å². The lowest BCUT2D eigenvalue weighted by molar-refractivity contribution is 0.0984. The lowest BCUT2D eigenvalue weighted by atomic mass is 9.98. The van der Waals surface area contributed by atoms with Crippen molar-refractivity contribution in [3.8, 4) is 11.5 Å². The second-order valence-corrected chi connectivity index (χ2v) is 5.58. The number of nitrogens with zero attached hydrogens (tertiary/aromatic N) is 1. The van der Waals surface area contributed by atoms with Gasteiger partial charge in [0.05, 0.1) is 11.3 Å². The summed E-state index contributed by atoms with van der Waals surface area (Å²) in [5, 5.41) is 19.9. The zero-order valence-electron chi connectivity index (χ0n) is 13.4. The van der Waals surface area contributed by atoms with Gasteiger partial charge in [0.25, 0.3) is 5.91 Å². The van der Waals surface area contributed by atoms with E-state index >= 15 is 0 Å². The summed E-state index contributed by atoms with van der Waals surface area (Å²) >= 11 is 0. The molecule has 0 fully saturated rings. The molecule has 2 rings (SSSR count). The van der Waals surface area contributed by atoms with E-state index in [2.05, 4.69) is 0 Å². The fourth-order valence-corrected chi connectivity index (χ4v) is 2.47. The van der Waals surface area contributed by atoms with Gasteiger partial charge in [0.1, 0.15) is 17.3 Å². The molecule has 0 unspecified atom stereocenters. The molecule has 0 aliphatic rings. The van der Waals surface area contributed by atoms with E-state index in [0.717, 1.165) is 6.07 Å². The quantitative estimate of drug-likeness (QED) is 0.895. The van der Waals surface area contributed by atoms with Crippen LogP contribution in [0.2, 0.25) is 0 Å². The predicted molar refractivity (Wildman–Crippen MR) is 87.6 cm³/mol. The summed E-state index contributed by atoms with van der Waals surface area (Å²) in [4.78, 5) is 14.0. The van der Waals surface area contributed by atoms with E-state index in [0.29, 0.717) is 5.56 Å². The lowest BCUT2D eigenvalue weighted by Gasteiger charge is -2.23. The third-order valence-corrected chi connectivity index (χ3v) is 3.70. The monoisotopic (exact) mass is 317 g/mol. The van der Waals surface area contributed by atoms with Crippen molar-refractivity contribution in [2.45, 2.75) is 26.7 Å². The van der Waals surface area contributed by atoms with Crippen LogP contribution in [0.15, 0.2) is 36.4 Å². The zero-order valence-corrected chi connectivity index (χ0v) is 13.4. The molecule has 4 nitrogen and oxygen atoms in total.